The van der Waals surface area contributed by atoms with E-state index in [1.807, 2.05) is 42.3 Å². The van der Waals surface area contributed by atoms with Crippen LogP contribution in [0.1, 0.15) is 406 Å². The number of phosphoric acid groups is 1. The van der Waals surface area contributed by atoms with Crippen LogP contribution in [0.3, 0.4) is 0 Å². The number of quaternary nitrogens is 3. The molecule has 0 aliphatic heterocycles. The summed E-state index contributed by atoms with van der Waals surface area (Å²) in [7, 11) is 5.75. The zero-order valence-electron chi connectivity index (χ0n) is 58.3. The van der Waals surface area contributed by atoms with Crippen molar-refractivity contribution < 1.29 is 48.8 Å². The molecule has 0 amide bonds. The van der Waals surface area contributed by atoms with Gasteiger partial charge in [0.2, 0.25) is 0 Å². The molecule has 83 heavy (non-hydrogen) atoms. The molecule has 0 unspecified atom stereocenters. The monoisotopic (exact) mass is 1210 g/mol. The number of hydrogen-bond donors (Lipinski definition) is 3. The smallest absolute Gasteiger partial charge is 0.108 e. The van der Waals surface area contributed by atoms with Crippen LogP contribution in [0.5, 0.6) is 0 Å². The molecule has 0 aromatic carbocycles. The fourth-order valence-electron chi connectivity index (χ4n) is 11.3. The molecule has 0 bridgehead atoms. The molecule has 0 aliphatic carbocycles. The van der Waals surface area contributed by atoms with E-state index in [9.17, 15) is 15.6 Å². The predicted octanol–water partition coefficient (Wildman–Crippen LogP) is 22.0. The van der Waals surface area contributed by atoms with Gasteiger partial charge in [0.15, 0.2) is 0 Å². The van der Waals surface area contributed by atoms with Gasteiger partial charge in [-0.05, 0) is 38.5 Å². The average Bonchev–Trinajstić information content (AvgIpc) is 3.40. The van der Waals surface area contributed by atoms with Crippen LogP contribution in [0.4, 0.5) is 0 Å². The summed E-state index contributed by atoms with van der Waals surface area (Å²) >= 11 is 0. The Hall–Kier alpha value is -0.130. The summed E-state index contributed by atoms with van der Waals surface area (Å²) in [6.45, 7) is 9.55. The van der Waals surface area contributed by atoms with E-state index in [0.29, 0.717) is 0 Å². The number of hydrogen-bond acceptors (Lipinski definition) is 7. The van der Waals surface area contributed by atoms with E-state index in [-0.39, 0.29) is 13.9 Å². The van der Waals surface area contributed by atoms with Crippen LogP contribution in [0.15, 0.2) is 0 Å². The van der Waals surface area contributed by atoms with Gasteiger partial charge in [0.05, 0.1) is 42.3 Å². The Balaban J connectivity index is -0.000000540. The Kier molecular flexibility index (Phi) is 76.3. The topological polar surface area (TPSA) is 147 Å². The first kappa shape index (κ1) is 89.3. The lowest BCUT2D eigenvalue weighted by Crippen LogP contribution is -2.36. The van der Waals surface area contributed by atoms with Crippen LogP contribution in [-0.2, 0) is 4.57 Å². The highest BCUT2D eigenvalue weighted by Crippen LogP contribution is 2.19. The normalized spacial score (nSPS) is 12.0. The Bertz CT molecular complexity index is 1070. The molecule has 11 heteroatoms. The molecule has 0 saturated carbocycles. The Morgan fingerprint density at radius 3 is 0.349 bits per heavy atom. The van der Waals surface area contributed by atoms with Gasteiger partial charge in [-0.3, -0.25) is 0 Å². The van der Waals surface area contributed by atoms with Gasteiger partial charge in [0, 0.05) is 0 Å². The molecular weight excluding hydrogens is 1050 g/mol. The Morgan fingerprint density at radius 2 is 0.277 bits per heavy atom. The van der Waals surface area contributed by atoms with Crippen molar-refractivity contribution >= 4 is 7.82 Å². The standard InChI is InChI=1S/3C24H52NO.H3O4P/c3*1-4-5-6-7-8-9-10-11-12-13-14-15-16-17-18-19-20-21-22-23-24-25(2,3)26;1-5(2,3)4/h3*26H,4-24H2,1-3H3;(H3,1,2,3,4)/q3*+1;/p-3. The molecule has 0 saturated heterocycles. The van der Waals surface area contributed by atoms with Crippen molar-refractivity contribution in [2.45, 2.75) is 406 Å². The highest BCUT2D eigenvalue weighted by atomic mass is 31.2. The highest BCUT2D eigenvalue weighted by Gasteiger charge is 2.11. The molecule has 506 valence electrons. The fourth-order valence-corrected chi connectivity index (χ4v) is 11.3. The average molecular weight is 1210 g/mol. The maximum Gasteiger partial charge on any atom is 0.108 e. The van der Waals surface area contributed by atoms with Gasteiger partial charge >= 0.3 is 0 Å². The van der Waals surface area contributed by atoms with Crippen LogP contribution in [-0.4, -0.2) is 91.5 Å². The third kappa shape index (κ3) is 110. The summed E-state index contributed by atoms with van der Waals surface area (Å²) in [5, 5.41) is 28.8. The second-order valence-electron chi connectivity index (χ2n) is 27.6. The van der Waals surface area contributed by atoms with Crippen molar-refractivity contribution in [2.24, 2.45) is 0 Å². The van der Waals surface area contributed by atoms with Crippen molar-refractivity contribution in [1.29, 1.82) is 0 Å². The number of unbranched alkanes of at least 4 members (excludes halogenated alkanes) is 57. The van der Waals surface area contributed by atoms with E-state index in [4.69, 9.17) is 19.2 Å². The maximum absolute atomic E-state index is 9.61. The fraction of sp³-hybridized carbons (Fsp3) is 1.00. The lowest BCUT2D eigenvalue weighted by molar-refractivity contribution is -1.07. The Morgan fingerprint density at radius 1 is 0.205 bits per heavy atom. The molecule has 0 aliphatic rings. The molecule has 0 rings (SSSR count). The summed E-state index contributed by atoms with van der Waals surface area (Å²) in [6.07, 6.45) is 85.1. The quantitative estimate of drug-likeness (QED) is 0.0238. The summed E-state index contributed by atoms with van der Waals surface area (Å²) in [5.74, 6) is 0. The molecular formula is C72H156N3O7P. The zero-order chi connectivity index (χ0) is 62.5. The van der Waals surface area contributed by atoms with Crippen LogP contribution in [0, 0.1) is 0 Å². The van der Waals surface area contributed by atoms with E-state index in [2.05, 4.69) is 20.8 Å². The molecule has 0 radical (unpaired) electrons. The minimum absolute atomic E-state index is 0.124. The molecule has 0 aromatic heterocycles. The second-order valence-corrected chi connectivity index (χ2v) is 28.5. The van der Waals surface area contributed by atoms with Gasteiger partial charge in [0.25, 0.3) is 0 Å². The SMILES string of the molecule is CCCCCCCCCCCCCCCCCCCCCC[N+](C)(C)O.CCCCCCCCCCCCCCCCCCCCCC[N+](C)(C)O.CCCCCCCCCCCCCCCCCCCCCC[N+](C)(C)O.O=P([O-])([O-])[O-]. The van der Waals surface area contributed by atoms with Gasteiger partial charge in [0.1, 0.15) is 19.6 Å². The van der Waals surface area contributed by atoms with Crippen LogP contribution in [0.2, 0.25) is 0 Å². The number of nitrogens with zero attached hydrogens (tertiary/aromatic N) is 3. The van der Waals surface area contributed by atoms with Gasteiger partial charge in [-0.2, -0.15) is 21.8 Å². The van der Waals surface area contributed by atoms with E-state index in [1.54, 1.807) is 0 Å². The van der Waals surface area contributed by atoms with E-state index in [0.717, 1.165) is 38.9 Å². The summed E-state index contributed by atoms with van der Waals surface area (Å²) < 4.78 is 8.92. The van der Waals surface area contributed by atoms with E-state index >= 15 is 0 Å². The molecule has 0 aromatic rings. The first-order chi connectivity index (χ1) is 39.7. The van der Waals surface area contributed by atoms with E-state index in [1.165, 1.54) is 366 Å². The minimum atomic E-state index is -5.39. The molecule has 10 nitrogen and oxygen atoms in total. The third-order valence-electron chi connectivity index (χ3n) is 16.7. The first-order valence-corrected chi connectivity index (χ1v) is 38.5. The summed E-state index contributed by atoms with van der Waals surface area (Å²) in [5.41, 5.74) is 0. The minimum Gasteiger partial charge on any atom is -0.822 e. The summed E-state index contributed by atoms with van der Waals surface area (Å²) in [4.78, 5) is 25.6. The lowest BCUT2D eigenvalue weighted by atomic mass is 10.0. The van der Waals surface area contributed by atoms with Gasteiger partial charge < -0.3 is 19.2 Å². The molecule has 0 fully saturated rings. The lowest BCUT2D eigenvalue weighted by Gasteiger charge is -2.36. The first-order valence-electron chi connectivity index (χ1n) is 37.1. The highest BCUT2D eigenvalue weighted by molar-refractivity contribution is 7.40. The van der Waals surface area contributed by atoms with Gasteiger partial charge in [-0.1, -0.05) is 367 Å². The molecule has 0 spiro atoms. The van der Waals surface area contributed by atoms with Crippen molar-refractivity contribution in [3.05, 3.63) is 0 Å². The number of rotatable bonds is 63. The predicted molar refractivity (Wildman–Crippen MR) is 358 cm³/mol. The largest absolute Gasteiger partial charge is 0.822 e. The third-order valence-corrected chi connectivity index (χ3v) is 16.7. The van der Waals surface area contributed by atoms with E-state index < -0.39 is 7.82 Å². The van der Waals surface area contributed by atoms with Gasteiger partial charge in [-0.15, -0.1) is 0 Å². The van der Waals surface area contributed by atoms with Crippen molar-refractivity contribution in [3.8, 4) is 0 Å². The Labute approximate surface area is 522 Å². The van der Waals surface area contributed by atoms with Crippen LogP contribution in [0.25, 0.3) is 0 Å². The van der Waals surface area contributed by atoms with Crippen LogP contribution < -0.4 is 14.7 Å². The number of hydroxylamine groups is 9. The van der Waals surface area contributed by atoms with Crippen molar-refractivity contribution in [2.75, 3.05) is 61.9 Å². The molecule has 3 N–H and O–H groups in total. The van der Waals surface area contributed by atoms with Crippen molar-refractivity contribution in [1.82, 2.24) is 0 Å². The summed E-state index contributed by atoms with van der Waals surface area (Å²) in [6, 6.07) is 0. The molecule has 0 atom stereocenters. The van der Waals surface area contributed by atoms with Crippen LogP contribution >= 0.6 is 7.82 Å². The maximum atomic E-state index is 9.61. The van der Waals surface area contributed by atoms with Crippen molar-refractivity contribution in [3.63, 3.8) is 0 Å². The zero-order valence-corrected chi connectivity index (χ0v) is 59.2. The van der Waals surface area contributed by atoms with Gasteiger partial charge in [-0.25, -0.2) is 15.6 Å². The molecule has 0 heterocycles. The second kappa shape index (κ2) is 71.0.